The molecule has 142 valence electrons. The summed E-state index contributed by atoms with van der Waals surface area (Å²) >= 11 is 0. The zero-order valence-corrected chi connectivity index (χ0v) is 15.4. The van der Waals surface area contributed by atoms with Crippen molar-refractivity contribution >= 4 is 29.8 Å². The molecule has 1 heterocycles. The number of methoxy groups -OCH3 is 1. The Balaban J connectivity index is 1.77. The predicted octanol–water partition coefficient (Wildman–Crippen LogP) is 3.13. The van der Waals surface area contributed by atoms with Gasteiger partial charge in [-0.15, -0.1) is 0 Å². The second kappa shape index (κ2) is 9.24. The van der Waals surface area contributed by atoms with Crippen LogP contribution in [0.2, 0.25) is 0 Å². The summed E-state index contributed by atoms with van der Waals surface area (Å²) in [5, 5.41) is 15.1. The van der Waals surface area contributed by atoms with E-state index in [0.717, 1.165) is 22.6 Å². The van der Waals surface area contributed by atoms with Crippen LogP contribution in [-0.2, 0) is 6.54 Å². The molecule has 8 heteroatoms. The zero-order valence-electron chi connectivity index (χ0n) is 15.4. The van der Waals surface area contributed by atoms with Gasteiger partial charge in [-0.25, -0.2) is 9.97 Å². The van der Waals surface area contributed by atoms with Crippen molar-refractivity contribution in [3.63, 3.8) is 0 Å². The van der Waals surface area contributed by atoms with Crippen LogP contribution in [0.15, 0.2) is 60.0 Å². The second-order valence-corrected chi connectivity index (χ2v) is 5.80. The third-order valence-corrected chi connectivity index (χ3v) is 3.96. The van der Waals surface area contributed by atoms with E-state index in [1.807, 2.05) is 48.5 Å². The van der Waals surface area contributed by atoms with Crippen LogP contribution in [-0.4, -0.2) is 29.5 Å². The molecule has 0 saturated carbocycles. The van der Waals surface area contributed by atoms with Gasteiger partial charge in [-0.2, -0.15) is 5.10 Å². The lowest BCUT2D eigenvalue weighted by Crippen LogP contribution is -2.05. The fraction of sp³-hybridized carbons (Fsp3) is 0.100. The highest BCUT2D eigenvalue weighted by Crippen LogP contribution is 2.24. The molecule has 5 N–H and O–H groups in total. The average Bonchev–Trinajstić information content (AvgIpc) is 2.74. The van der Waals surface area contributed by atoms with E-state index in [9.17, 15) is 0 Å². The highest BCUT2D eigenvalue weighted by Gasteiger charge is 2.09. The Morgan fingerprint density at radius 3 is 2.64 bits per heavy atom. The van der Waals surface area contributed by atoms with Crippen molar-refractivity contribution in [2.45, 2.75) is 6.54 Å². The highest BCUT2D eigenvalue weighted by atomic mass is 16.5. The Labute approximate surface area is 163 Å². The molecule has 0 aliphatic carbocycles. The lowest BCUT2D eigenvalue weighted by molar-refractivity contribution is 0.415. The Morgan fingerprint density at radius 1 is 1.14 bits per heavy atom. The van der Waals surface area contributed by atoms with E-state index in [4.69, 9.17) is 15.9 Å². The van der Waals surface area contributed by atoms with Crippen LogP contribution < -0.4 is 21.2 Å². The summed E-state index contributed by atoms with van der Waals surface area (Å²) in [6.07, 6.45) is 4.26. The van der Waals surface area contributed by atoms with Gasteiger partial charge in [0.2, 0.25) is 0 Å². The van der Waals surface area contributed by atoms with Crippen LogP contribution in [0.5, 0.6) is 5.75 Å². The SMILES string of the molecule is COc1cccc(Nc2ncnc(N/N=C/c3ccc(CN)cc3)c2C=N)c1. The Bertz CT molecular complexity index is 971. The van der Waals surface area contributed by atoms with Crippen molar-refractivity contribution in [1.29, 1.82) is 5.41 Å². The van der Waals surface area contributed by atoms with Gasteiger partial charge in [0.15, 0.2) is 5.82 Å². The summed E-state index contributed by atoms with van der Waals surface area (Å²) in [4.78, 5) is 8.40. The van der Waals surface area contributed by atoms with Crippen molar-refractivity contribution in [1.82, 2.24) is 9.97 Å². The standard InChI is InChI=1S/C20H21N7O/c1-28-17-4-2-3-16(9-17)26-19-18(11-22)20(24-13-23-19)27-25-12-15-7-5-14(10-21)6-8-15/h2-9,11-13,22H,10,21H2,1H3,(H2,23,24,26,27)/b22-11?,25-12+. The minimum absolute atomic E-state index is 0.422. The molecule has 0 bridgehead atoms. The van der Waals surface area contributed by atoms with Gasteiger partial charge in [-0.3, -0.25) is 5.43 Å². The second-order valence-electron chi connectivity index (χ2n) is 5.80. The number of anilines is 3. The molecule has 0 saturated heterocycles. The van der Waals surface area contributed by atoms with Gasteiger partial charge in [-0.1, -0.05) is 30.3 Å². The molecule has 0 amide bonds. The third kappa shape index (κ3) is 4.68. The molecule has 3 aromatic rings. The molecule has 0 radical (unpaired) electrons. The third-order valence-electron chi connectivity index (χ3n) is 3.96. The number of hydrogen-bond acceptors (Lipinski definition) is 8. The monoisotopic (exact) mass is 375 g/mol. The molecule has 0 atom stereocenters. The van der Waals surface area contributed by atoms with Crippen molar-refractivity contribution in [2.75, 3.05) is 17.9 Å². The van der Waals surface area contributed by atoms with Crippen LogP contribution in [0.3, 0.4) is 0 Å². The van der Waals surface area contributed by atoms with Crippen LogP contribution in [0.25, 0.3) is 0 Å². The van der Waals surface area contributed by atoms with Gasteiger partial charge < -0.3 is 21.2 Å². The lowest BCUT2D eigenvalue weighted by atomic mass is 10.1. The van der Waals surface area contributed by atoms with Crippen LogP contribution in [0, 0.1) is 5.41 Å². The van der Waals surface area contributed by atoms with Gasteiger partial charge in [-0.05, 0) is 23.3 Å². The summed E-state index contributed by atoms with van der Waals surface area (Å²) in [7, 11) is 1.61. The first-order chi connectivity index (χ1) is 13.7. The van der Waals surface area contributed by atoms with E-state index in [2.05, 4.69) is 25.8 Å². The smallest absolute Gasteiger partial charge is 0.160 e. The highest BCUT2D eigenvalue weighted by molar-refractivity contribution is 5.92. The molecule has 0 unspecified atom stereocenters. The van der Waals surface area contributed by atoms with Crippen molar-refractivity contribution in [3.05, 3.63) is 71.5 Å². The van der Waals surface area contributed by atoms with Gasteiger partial charge >= 0.3 is 0 Å². The number of hydrogen-bond donors (Lipinski definition) is 4. The first-order valence-corrected chi connectivity index (χ1v) is 8.58. The molecule has 8 nitrogen and oxygen atoms in total. The number of nitrogens with one attached hydrogen (secondary N) is 3. The summed E-state index contributed by atoms with van der Waals surface area (Å²) < 4.78 is 5.23. The predicted molar refractivity (Wildman–Crippen MR) is 112 cm³/mol. The van der Waals surface area contributed by atoms with E-state index in [1.54, 1.807) is 13.3 Å². The first-order valence-electron chi connectivity index (χ1n) is 8.58. The minimum atomic E-state index is 0.422. The molecular formula is C20H21N7O. The van der Waals surface area contributed by atoms with Crippen molar-refractivity contribution < 1.29 is 4.74 Å². The van der Waals surface area contributed by atoms with E-state index < -0.39 is 0 Å². The average molecular weight is 375 g/mol. The number of ether oxygens (including phenoxy) is 1. The number of nitrogens with zero attached hydrogens (tertiary/aromatic N) is 3. The maximum absolute atomic E-state index is 7.74. The molecule has 1 aromatic heterocycles. The van der Waals surface area contributed by atoms with E-state index in [0.29, 0.717) is 23.7 Å². The maximum Gasteiger partial charge on any atom is 0.160 e. The normalized spacial score (nSPS) is 10.6. The van der Waals surface area contributed by atoms with E-state index in [-0.39, 0.29) is 0 Å². The lowest BCUT2D eigenvalue weighted by Gasteiger charge is -2.11. The number of aromatic nitrogens is 2. The quantitative estimate of drug-likeness (QED) is 0.354. The van der Waals surface area contributed by atoms with Gasteiger partial charge in [0, 0.05) is 24.5 Å². The number of benzene rings is 2. The van der Waals surface area contributed by atoms with Crippen molar-refractivity contribution in [3.8, 4) is 5.75 Å². The largest absolute Gasteiger partial charge is 0.497 e. The van der Waals surface area contributed by atoms with E-state index in [1.165, 1.54) is 12.5 Å². The Morgan fingerprint density at radius 2 is 1.93 bits per heavy atom. The molecule has 2 aromatic carbocycles. The molecule has 0 aliphatic rings. The topological polar surface area (TPSA) is 121 Å². The summed E-state index contributed by atoms with van der Waals surface area (Å²) in [5.74, 6) is 1.63. The molecule has 0 fully saturated rings. The summed E-state index contributed by atoms with van der Waals surface area (Å²) in [5.41, 5.74) is 11.7. The minimum Gasteiger partial charge on any atom is -0.497 e. The number of nitrogens with two attached hydrogens (primary N) is 1. The molecule has 0 aliphatic heterocycles. The van der Waals surface area contributed by atoms with E-state index >= 15 is 0 Å². The Kier molecular flexibility index (Phi) is 6.27. The summed E-state index contributed by atoms with van der Waals surface area (Å²) in [6, 6.07) is 15.2. The first kappa shape index (κ1) is 19.0. The fourth-order valence-electron chi connectivity index (χ4n) is 2.47. The van der Waals surface area contributed by atoms with Crippen LogP contribution in [0.1, 0.15) is 16.7 Å². The van der Waals surface area contributed by atoms with Crippen molar-refractivity contribution in [2.24, 2.45) is 10.8 Å². The molecule has 3 rings (SSSR count). The summed E-state index contributed by atoms with van der Waals surface area (Å²) in [6.45, 7) is 0.502. The Hall–Kier alpha value is -3.78. The maximum atomic E-state index is 7.74. The molecular weight excluding hydrogens is 354 g/mol. The number of hydrazone groups is 1. The molecule has 0 spiro atoms. The molecule has 28 heavy (non-hydrogen) atoms. The fourth-order valence-corrected chi connectivity index (χ4v) is 2.47. The van der Waals surface area contributed by atoms with Gasteiger partial charge in [0.05, 0.1) is 18.9 Å². The van der Waals surface area contributed by atoms with Gasteiger partial charge in [0.1, 0.15) is 17.9 Å². The van der Waals surface area contributed by atoms with Gasteiger partial charge in [0.25, 0.3) is 0 Å². The van der Waals surface area contributed by atoms with Crippen LogP contribution >= 0.6 is 0 Å². The zero-order chi connectivity index (χ0) is 19.8. The van der Waals surface area contributed by atoms with Crippen LogP contribution in [0.4, 0.5) is 17.3 Å². The number of rotatable bonds is 8.